The molecule has 0 aliphatic rings. The molecule has 0 saturated heterocycles. The fourth-order valence-corrected chi connectivity index (χ4v) is 2.69. The van der Waals surface area contributed by atoms with Crippen molar-refractivity contribution >= 4 is 22.8 Å². The molecule has 0 saturated carbocycles. The highest BCUT2D eigenvalue weighted by Crippen LogP contribution is 2.31. The number of fused-ring (bicyclic) bond motifs is 1. The molecule has 2 heterocycles. The van der Waals surface area contributed by atoms with Gasteiger partial charge in [-0.3, -0.25) is 18.5 Å². The molecule has 3 aromatic rings. The predicted octanol–water partition coefficient (Wildman–Crippen LogP) is 2.10. The van der Waals surface area contributed by atoms with Gasteiger partial charge in [0.2, 0.25) is 5.28 Å². The average molecular weight is 359 g/mol. The van der Waals surface area contributed by atoms with Gasteiger partial charge in [-0.1, -0.05) is 6.07 Å². The van der Waals surface area contributed by atoms with Gasteiger partial charge >= 0.3 is 11.9 Å². The van der Waals surface area contributed by atoms with Gasteiger partial charge in [0.1, 0.15) is 0 Å². The Morgan fingerprint density at radius 2 is 1.79 bits per heavy atom. The highest BCUT2D eigenvalue weighted by atomic mass is 35.5. The van der Waals surface area contributed by atoms with Crippen LogP contribution >= 0.6 is 11.6 Å². The number of alkyl halides is 3. The van der Waals surface area contributed by atoms with E-state index in [9.17, 15) is 22.8 Å². The summed E-state index contributed by atoms with van der Waals surface area (Å²) >= 11 is 6.02. The summed E-state index contributed by atoms with van der Waals surface area (Å²) < 4.78 is 41.8. The summed E-state index contributed by atoms with van der Waals surface area (Å²) in [5.41, 5.74) is -2.27. The number of aryl methyl sites for hydroxylation is 1. The monoisotopic (exact) mass is 358 g/mol. The van der Waals surface area contributed by atoms with Crippen LogP contribution in [0.5, 0.6) is 0 Å². The lowest BCUT2D eigenvalue weighted by atomic mass is 10.2. The second kappa shape index (κ2) is 5.23. The number of benzene rings is 1. The third-order valence-electron chi connectivity index (χ3n) is 3.65. The molecule has 0 spiro atoms. The second-order valence-electron chi connectivity index (χ2n) is 5.14. The number of aromatic nitrogens is 4. The van der Waals surface area contributed by atoms with E-state index in [1.54, 1.807) is 0 Å². The summed E-state index contributed by atoms with van der Waals surface area (Å²) in [4.78, 5) is 28.3. The minimum Gasteiger partial charge on any atom is -0.279 e. The Hall–Kier alpha value is -2.55. The summed E-state index contributed by atoms with van der Waals surface area (Å²) in [6.07, 6.45) is -4.54. The Morgan fingerprint density at radius 1 is 1.12 bits per heavy atom. The van der Waals surface area contributed by atoms with E-state index in [4.69, 9.17) is 11.6 Å². The zero-order chi connectivity index (χ0) is 17.8. The van der Waals surface area contributed by atoms with Gasteiger partial charge in [0.25, 0.3) is 5.56 Å². The van der Waals surface area contributed by atoms with Crippen molar-refractivity contribution in [3.63, 3.8) is 0 Å². The Kier molecular flexibility index (Phi) is 3.56. The fourth-order valence-electron chi connectivity index (χ4n) is 2.43. The predicted molar refractivity (Wildman–Crippen MR) is 81.6 cm³/mol. The molecule has 126 valence electrons. The van der Waals surface area contributed by atoms with Crippen molar-refractivity contribution in [1.82, 2.24) is 18.7 Å². The van der Waals surface area contributed by atoms with Crippen molar-refractivity contribution in [3.05, 3.63) is 56.0 Å². The van der Waals surface area contributed by atoms with Gasteiger partial charge in [-0.2, -0.15) is 18.2 Å². The van der Waals surface area contributed by atoms with Gasteiger partial charge in [0, 0.05) is 19.8 Å². The quantitative estimate of drug-likeness (QED) is 0.626. The van der Waals surface area contributed by atoms with Crippen LogP contribution in [0.4, 0.5) is 13.2 Å². The van der Waals surface area contributed by atoms with Crippen LogP contribution in [0.3, 0.4) is 0 Å². The highest BCUT2D eigenvalue weighted by molar-refractivity contribution is 6.29. The third-order valence-corrected chi connectivity index (χ3v) is 3.90. The smallest absolute Gasteiger partial charge is 0.279 e. The van der Waals surface area contributed by atoms with Crippen LogP contribution in [-0.2, 0) is 20.3 Å². The Morgan fingerprint density at radius 3 is 2.42 bits per heavy atom. The van der Waals surface area contributed by atoms with Crippen molar-refractivity contribution in [2.75, 3.05) is 0 Å². The van der Waals surface area contributed by atoms with Crippen LogP contribution in [0.25, 0.3) is 16.9 Å². The Bertz CT molecular complexity index is 1080. The minimum absolute atomic E-state index is 0.00879. The highest BCUT2D eigenvalue weighted by Gasteiger charge is 2.31. The lowest BCUT2D eigenvalue weighted by molar-refractivity contribution is -0.137. The second-order valence-corrected chi connectivity index (χ2v) is 5.48. The van der Waals surface area contributed by atoms with Crippen molar-refractivity contribution in [2.24, 2.45) is 14.1 Å². The standard InChI is InChI=1S/C14H10ClF3N4O2/c1-20-10-9(11(23)21(2)13(20)24)22(12(15)19-10)8-5-3-4-7(6-8)14(16,17)18/h3-6H,1-2H3. The van der Waals surface area contributed by atoms with E-state index in [1.165, 1.54) is 26.2 Å². The van der Waals surface area contributed by atoms with E-state index in [0.717, 1.165) is 25.8 Å². The molecule has 6 nitrogen and oxygen atoms in total. The van der Waals surface area contributed by atoms with Crippen LogP contribution in [0.1, 0.15) is 5.56 Å². The first-order chi connectivity index (χ1) is 11.1. The van der Waals surface area contributed by atoms with Gasteiger partial charge in [0.15, 0.2) is 11.2 Å². The molecule has 0 unspecified atom stereocenters. The number of halogens is 4. The molecule has 1 aromatic carbocycles. The van der Waals surface area contributed by atoms with Crippen molar-refractivity contribution in [1.29, 1.82) is 0 Å². The maximum atomic E-state index is 12.9. The van der Waals surface area contributed by atoms with E-state index in [1.807, 2.05) is 0 Å². The summed E-state index contributed by atoms with van der Waals surface area (Å²) in [5.74, 6) is 0. The van der Waals surface area contributed by atoms with Crippen LogP contribution < -0.4 is 11.2 Å². The van der Waals surface area contributed by atoms with Gasteiger partial charge in [0.05, 0.1) is 5.56 Å². The molecule has 0 N–H and O–H groups in total. The molecule has 0 aliphatic heterocycles. The molecule has 24 heavy (non-hydrogen) atoms. The first kappa shape index (κ1) is 16.3. The van der Waals surface area contributed by atoms with Crippen LogP contribution in [0.2, 0.25) is 5.28 Å². The first-order valence-electron chi connectivity index (χ1n) is 6.64. The molecule has 2 aromatic heterocycles. The SMILES string of the molecule is Cn1c(=O)c2c(nc(Cl)n2-c2cccc(C(F)(F)F)c2)n(C)c1=O. The molecule has 10 heteroatoms. The molecule has 0 bridgehead atoms. The van der Waals surface area contributed by atoms with E-state index in [0.29, 0.717) is 0 Å². The molecule has 0 aliphatic carbocycles. The number of hydrogen-bond donors (Lipinski definition) is 0. The number of nitrogens with zero attached hydrogens (tertiary/aromatic N) is 4. The maximum Gasteiger partial charge on any atom is 0.416 e. The summed E-state index contributed by atoms with van der Waals surface area (Å²) in [6, 6.07) is 4.33. The van der Waals surface area contributed by atoms with Gasteiger partial charge in [-0.25, -0.2) is 4.79 Å². The van der Waals surface area contributed by atoms with Crippen molar-refractivity contribution in [2.45, 2.75) is 6.18 Å². The Balaban J connectivity index is 2.43. The number of imidazole rings is 1. The summed E-state index contributed by atoms with van der Waals surface area (Å²) in [7, 11) is 2.66. The normalized spacial score (nSPS) is 12.1. The Labute approximate surface area is 137 Å². The van der Waals surface area contributed by atoms with Gasteiger partial charge in [-0.05, 0) is 29.8 Å². The average Bonchev–Trinajstić information content (AvgIpc) is 2.87. The largest absolute Gasteiger partial charge is 0.416 e. The lowest BCUT2D eigenvalue weighted by Gasteiger charge is -2.11. The van der Waals surface area contributed by atoms with E-state index >= 15 is 0 Å². The molecule has 0 amide bonds. The first-order valence-corrected chi connectivity index (χ1v) is 7.02. The van der Waals surface area contributed by atoms with Crippen molar-refractivity contribution in [3.8, 4) is 5.69 Å². The summed E-state index contributed by atoms with van der Waals surface area (Å²) in [5, 5.41) is -0.220. The number of hydrogen-bond acceptors (Lipinski definition) is 3. The number of rotatable bonds is 1. The third kappa shape index (κ3) is 2.32. The molecule has 0 radical (unpaired) electrons. The van der Waals surface area contributed by atoms with Crippen LogP contribution in [0.15, 0.2) is 33.9 Å². The fraction of sp³-hybridized carbons (Fsp3) is 0.214. The van der Waals surface area contributed by atoms with Gasteiger partial charge < -0.3 is 0 Å². The molecular formula is C14H10ClF3N4O2. The topological polar surface area (TPSA) is 61.8 Å². The van der Waals surface area contributed by atoms with E-state index < -0.39 is 23.0 Å². The van der Waals surface area contributed by atoms with Gasteiger partial charge in [-0.15, -0.1) is 0 Å². The molecule has 0 atom stereocenters. The zero-order valence-corrected chi connectivity index (χ0v) is 13.2. The molecule has 0 fully saturated rings. The molecule has 3 rings (SSSR count). The van der Waals surface area contributed by atoms with Crippen LogP contribution in [-0.4, -0.2) is 18.7 Å². The van der Waals surface area contributed by atoms with Crippen LogP contribution in [0, 0.1) is 0 Å². The molecular weight excluding hydrogens is 349 g/mol. The summed E-state index contributed by atoms with van der Waals surface area (Å²) in [6.45, 7) is 0. The lowest BCUT2D eigenvalue weighted by Crippen LogP contribution is -2.37. The van der Waals surface area contributed by atoms with Crippen molar-refractivity contribution < 1.29 is 13.2 Å². The van der Waals surface area contributed by atoms with E-state index in [-0.39, 0.29) is 22.1 Å². The van der Waals surface area contributed by atoms with E-state index in [2.05, 4.69) is 4.98 Å². The zero-order valence-electron chi connectivity index (χ0n) is 12.4. The maximum absolute atomic E-state index is 12.9. The minimum atomic E-state index is -4.54.